The highest BCUT2D eigenvalue weighted by Gasteiger charge is 2.52. The van der Waals surface area contributed by atoms with Gasteiger partial charge in [0.05, 0.1) is 50.3 Å². The van der Waals surface area contributed by atoms with E-state index in [0.717, 1.165) is 42.7 Å². The lowest BCUT2D eigenvalue weighted by Crippen LogP contribution is -2.50. The van der Waals surface area contributed by atoms with Crippen LogP contribution in [-0.4, -0.2) is 222 Å². The Labute approximate surface area is 658 Å². The van der Waals surface area contributed by atoms with E-state index in [2.05, 4.69) is 119 Å². The van der Waals surface area contributed by atoms with Crippen molar-refractivity contribution in [3.8, 4) is 0 Å². The van der Waals surface area contributed by atoms with Crippen LogP contribution in [0.15, 0.2) is 48.0 Å². The predicted octanol–water partition coefficient (Wildman–Crippen LogP) is 11.7. The molecule has 4 aromatic heterocycles. The Kier molecular flexibility index (Phi) is 29.5. The van der Waals surface area contributed by atoms with Crippen LogP contribution >= 0.6 is 0 Å². The lowest BCUT2D eigenvalue weighted by atomic mass is 9.92. The first-order valence-corrected chi connectivity index (χ1v) is 42.3. The fourth-order valence-corrected chi connectivity index (χ4v) is 15.9. The highest BCUT2D eigenvalue weighted by atomic mass is 32.3. The summed E-state index contributed by atoms with van der Waals surface area (Å²) in [6, 6.07) is 5.79. The second-order valence-electron chi connectivity index (χ2n) is 35.0. The van der Waals surface area contributed by atoms with Crippen LogP contribution in [0.25, 0.3) is 0 Å². The number of piperidine rings is 4. The van der Waals surface area contributed by atoms with Crippen molar-refractivity contribution >= 4 is 44.9 Å². The minimum Gasteiger partial charge on any atom is -0.724 e. The van der Waals surface area contributed by atoms with Crippen LogP contribution in [-0.2, 0) is 66.5 Å². The van der Waals surface area contributed by atoms with E-state index in [1.807, 2.05) is 65.0 Å². The van der Waals surface area contributed by atoms with Crippen molar-refractivity contribution in [2.24, 2.45) is 22.0 Å². The SMILES string of the molecule is CC(C)(C)Cc1nnc([C@@H]2CC[C@@H]3CN2C(=O)N3O)o1.CC(C)(C)Cc1nnc([C@@H]2CC[C@@H]3CN2C(=O)N3OCc2ccccc2)o1.CC(C)(C)Cc1nnc([C@@H]2CC[C@@H]3CN2C(=O)N3OS(=O)(=O)[O-])o1.CC(C)(N)Cc1nnc([C@@H]2CC[C@@H]3CN2C(=O)N3OS(=O)(=O)O)o1.CCCC[N+](CCCC)(CCCC)CCCC. The normalized spacial score (nSPS) is 22.6. The number of urea groups is 4. The summed E-state index contributed by atoms with van der Waals surface area (Å²) in [5.74, 6) is 3.68. The van der Waals surface area contributed by atoms with E-state index in [0.29, 0.717) is 116 Å². The number of aromatic nitrogens is 8. The summed E-state index contributed by atoms with van der Waals surface area (Å²) in [6.07, 6.45) is 18.6. The molecular formula is C74H120N18O18S2. The van der Waals surface area contributed by atoms with Gasteiger partial charge in [0.1, 0.15) is 30.8 Å². The second kappa shape index (κ2) is 37.4. The highest BCUT2D eigenvalue weighted by Crippen LogP contribution is 2.43. The van der Waals surface area contributed by atoms with Gasteiger partial charge in [0, 0.05) is 57.4 Å². The van der Waals surface area contributed by atoms with Gasteiger partial charge in [-0.15, -0.1) is 45.1 Å². The van der Waals surface area contributed by atoms with Crippen LogP contribution in [0.5, 0.6) is 0 Å². The average Bonchev–Trinajstić information content (AvgIpc) is 1.64. The van der Waals surface area contributed by atoms with Gasteiger partial charge in [0.25, 0.3) is 0 Å². The molecule has 0 unspecified atom stereocenters. The van der Waals surface area contributed by atoms with Gasteiger partial charge in [0.15, 0.2) is 0 Å². The first-order valence-electron chi connectivity index (χ1n) is 39.6. The van der Waals surface area contributed by atoms with Crippen molar-refractivity contribution in [2.45, 2.75) is 293 Å². The number of nitrogens with zero attached hydrogens (tertiary/aromatic N) is 17. The number of carbonyl (C=O) groups excluding carboxylic acids is 4. The summed E-state index contributed by atoms with van der Waals surface area (Å²) in [5.41, 5.74) is 6.59. The third-order valence-corrected chi connectivity index (χ3v) is 21.2. The largest absolute Gasteiger partial charge is 0.724 e. The molecule has 8 aliphatic rings. The topological polar surface area (TPSA) is 435 Å². The zero-order valence-electron chi connectivity index (χ0n) is 67.9. The van der Waals surface area contributed by atoms with Gasteiger partial charge in [-0.25, -0.2) is 32.7 Å². The fourth-order valence-electron chi connectivity index (χ4n) is 15.1. The summed E-state index contributed by atoms with van der Waals surface area (Å²) >= 11 is 0. The Morgan fingerprint density at radius 1 is 0.464 bits per heavy atom. The molecule has 0 radical (unpaired) electrons. The number of amides is 8. The number of fused-ring (bicyclic) bond motifs is 8. The van der Waals surface area contributed by atoms with Crippen molar-refractivity contribution < 1.29 is 85.9 Å². The molecule has 0 spiro atoms. The minimum atomic E-state index is -5.00. The first-order chi connectivity index (χ1) is 52.6. The molecule has 8 aliphatic heterocycles. The smallest absolute Gasteiger partial charge is 0.418 e. The molecule has 0 saturated carbocycles. The molecule has 13 rings (SSSR count). The maximum atomic E-state index is 12.9. The quantitative estimate of drug-likeness (QED) is 0.0181. The zero-order chi connectivity index (χ0) is 81.9. The third-order valence-electron chi connectivity index (χ3n) is 20.5. The summed E-state index contributed by atoms with van der Waals surface area (Å²) in [5, 5.41) is 45.9. The van der Waals surface area contributed by atoms with Crippen LogP contribution in [0.4, 0.5) is 19.2 Å². The molecule has 0 aliphatic carbocycles. The van der Waals surface area contributed by atoms with Crippen LogP contribution in [0.3, 0.4) is 0 Å². The van der Waals surface area contributed by atoms with Crippen molar-refractivity contribution in [2.75, 3.05) is 52.4 Å². The van der Waals surface area contributed by atoms with E-state index < -0.39 is 62.6 Å². The van der Waals surface area contributed by atoms with E-state index in [4.69, 9.17) is 32.8 Å². The molecular weight excluding hydrogens is 1490 g/mol. The summed E-state index contributed by atoms with van der Waals surface area (Å²) in [4.78, 5) is 61.5. The van der Waals surface area contributed by atoms with Crippen LogP contribution < -0.4 is 5.73 Å². The lowest BCUT2D eigenvalue weighted by Gasteiger charge is -2.39. The number of rotatable bonds is 28. The first kappa shape index (κ1) is 88.4. The number of hydroxylamine groups is 8. The van der Waals surface area contributed by atoms with E-state index in [9.17, 15) is 45.8 Å². The van der Waals surface area contributed by atoms with Crippen LogP contribution in [0.2, 0.25) is 0 Å². The molecule has 36 nitrogen and oxygen atoms in total. The maximum Gasteiger partial charge on any atom is 0.418 e. The molecule has 112 heavy (non-hydrogen) atoms. The third kappa shape index (κ3) is 24.5. The molecule has 8 fully saturated rings. The molecule has 5 aromatic rings. The van der Waals surface area contributed by atoms with Gasteiger partial charge < -0.3 is 52.0 Å². The van der Waals surface area contributed by atoms with Gasteiger partial charge in [0.2, 0.25) is 57.5 Å². The standard InChI is InChI=1S/C20H26N4O3.C16H36N.C13H20N4O6S.C13H20N4O3.C12H19N5O6S/c1-20(2,3)11-17-21-22-18(27-17)16-10-9-15-12-23(16)19(25)24(15)26-13-14-7-5-4-6-8-14;1-5-9-13-17(14-10-6-2,15-11-7-3)16-12-8-4;1-13(2,3)6-10-14-15-11(22-10)9-5-4-8-7-16(9)12(18)17(8)23-24(19,20)21;1-13(2,3)6-10-14-15-11(20-10)9-5-4-8-7-16(9)12(18)17(8)19;1-12(2,13)5-9-14-15-10(22-9)8-4-3-7-6-16(8)11(18)17(7)23-24(19,20)21/h4-8,15-16H,9-13H2,1-3H3;5-16H2,1-4H3;8-9H,4-7H2,1-3H3,(H,19,20,21);8-9,19H,4-7H2,1-3H3;7-8H,3-6,13H2,1-2H3,(H,19,20,21)/q;+1;;;/p-1/t15-,16+;;2*8-,9+;7-,8+/m1.111/s1. The second-order valence-corrected chi connectivity index (χ2v) is 36.9. The van der Waals surface area contributed by atoms with Gasteiger partial charge in [-0.3, -0.25) is 14.6 Å². The molecule has 8 bridgehead atoms. The number of carbonyl (C=O) groups is 4. The molecule has 8 atom stereocenters. The Balaban J connectivity index is 0.000000162. The Morgan fingerprint density at radius 2 is 0.777 bits per heavy atom. The van der Waals surface area contributed by atoms with E-state index in [1.54, 1.807) is 9.80 Å². The molecule has 626 valence electrons. The summed E-state index contributed by atoms with van der Waals surface area (Å²) < 4.78 is 95.8. The van der Waals surface area contributed by atoms with Crippen molar-refractivity contribution in [1.82, 2.24) is 80.6 Å². The van der Waals surface area contributed by atoms with E-state index in [1.165, 1.54) is 96.9 Å². The Hall–Kier alpha value is -7.56. The minimum absolute atomic E-state index is 0.0158. The van der Waals surface area contributed by atoms with E-state index in [-0.39, 0.29) is 71.5 Å². The van der Waals surface area contributed by atoms with E-state index >= 15 is 0 Å². The molecule has 38 heteroatoms. The van der Waals surface area contributed by atoms with Crippen LogP contribution in [0, 0.1) is 16.2 Å². The number of benzene rings is 1. The average molecular weight is 1610 g/mol. The van der Waals surface area contributed by atoms with Crippen molar-refractivity contribution in [3.05, 3.63) is 83.0 Å². The molecule has 12 heterocycles. The number of nitrogens with two attached hydrogens (primary N) is 1. The predicted molar refractivity (Wildman–Crippen MR) is 403 cm³/mol. The lowest BCUT2D eigenvalue weighted by molar-refractivity contribution is -0.929. The van der Waals surface area contributed by atoms with Gasteiger partial charge in [-0.05, 0) is 113 Å². The number of hydrogen-bond acceptors (Lipinski definition) is 26. The summed E-state index contributed by atoms with van der Waals surface area (Å²) in [6.45, 7) is 39.6. The molecule has 8 saturated heterocycles. The maximum absolute atomic E-state index is 12.9. The molecule has 4 N–H and O–H groups in total. The Morgan fingerprint density at radius 3 is 1.11 bits per heavy atom. The number of hydrogen-bond donors (Lipinski definition) is 3. The summed E-state index contributed by atoms with van der Waals surface area (Å²) in [7, 11) is -9.76. The fraction of sp³-hybridized carbons (Fsp3) is 0.757. The number of quaternary nitrogens is 1. The Bertz CT molecular complexity index is 3950. The van der Waals surface area contributed by atoms with Crippen LogP contribution in [0.1, 0.15) is 283 Å². The zero-order valence-corrected chi connectivity index (χ0v) is 69.6. The van der Waals surface area contributed by atoms with Crippen molar-refractivity contribution in [3.63, 3.8) is 0 Å². The highest BCUT2D eigenvalue weighted by molar-refractivity contribution is 7.81. The van der Waals surface area contributed by atoms with Gasteiger partial charge in [-0.1, -0.05) is 146 Å². The number of unbranched alkanes of at least 4 members (excludes halogenated alkanes) is 4. The molecule has 1 aromatic carbocycles. The molecule has 8 amide bonds. The van der Waals surface area contributed by atoms with Gasteiger partial charge >= 0.3 is 34.5 Å². The van der Waals surface area contributed by atoms with Gasteiger partial charge in [-0.2, -0.15) is 27.9 Å². The monoisotopic (exact) mass is 1610 g/mol. The van der Waals surface area contributed by atoms with Crippen molar-refractivity contribution in [1.29, 1.82) is 0 Å².